The van der Waals surface area contributed by atoms with Crippen LogP contribution in [0.5, 0.6) is 0 Å². The van der Waals surface area contributed by atoms with E-state index in [4.69, 9.17) is 5.73 Å². The van der Waals surface area contributed by atoms with Gasteiger partial charge in [0.1, 0.15) is 6.04 Å². The minimum absolute atomic E-state index is 0.0583. The van der Waals surface area contributed by atoms with E-state index in [1.165, 1.54) is 37.0 Å². The SMILES string of the molecule is NCCCCCCCCCCCC(=O)Nc1cccc2c1CN(C1CCC(=O)NC1=O)C2=O. The number of unbranched alkanes of at least 4 members (excludes halogenated alkanes) is 8. The Kier molecular flexibility index (Phi) is 9.42. The van der Waals surface area contributed by atoms with Crippen molar-refractivity contribution in [2.45, 2.75) is 89.6 Å². The third-order valence-corrected chi connectivity index (χ3v) is 6.46. The van der Waals surface area contributed by atoms with Crippen LogP contribution in [0.15, 0.2) is 18.2 Å². The first-order chi connectivity index (χ1) is 16.0. The maximum Gasteiger partial charge on any atom is 0.255 e. The summed E-state index contributed by atoms with van der Waals surface area (Å²) in [5.41, 5.74) is 7.36. The van der Waals surface area contributed by atoms with Crippen molar-refractivity contribution in [3.8, 4) is 0 Å². The van der Waals surface area contributed by atoms with E-state index in [0.29, 0.717) is 24.1 Å². The van der Waals surface area contributed by atoms with Gasteiger partial charge in [-0.1, -0.05) is 51.0 Å². The number of hydrogen-bond acceptors (Lipinski definition) is 5. The normalized spacial score (nSPS) is 17.8. The van der Waals surface area contributed by atoms with E-state index < -0.39 is 11.9 Å². The molecular formula is C25H36N4O4. The Bertz CT molecular complexity index is 870. The van der Waals surface area contributed by atoms with Gasteiger partial charge in [0.25, 0.3) is 5.91 Å². The number of amides is 4. The molecule has 8 nitrogen and oxygen atoms in total. The standard InChI is InChI=1S/C25H36N4O4/c26-16-9-7-5-3-1-2-4-6-8-13-22(30)27-20-12-10-11-18-19(20)17-29(25(18)33)21-14-15-23(31)28-24(21)32/h10-12,21H,1-9,13-17,26H2,(H,27,30)(H,28,31,32). The number of piperidine rings is 1. The summed E-state index contributed by atoms with van der Waals surface area (Å²) in [4.78, 5) is 50.5. The third-order valence-electron chi connectivity index (χ3n) is 6.46. The number of fused-ring (bicyclic) bond motifs is 1. The Morgan fingerprint density at radius 3 is 2.33 bits per heavy atom. The van der Waals surface area contributed by atoms with Crippen molar-refractivity contribution in [2.24, 2.45) is 5.73 Å². The zero-order chi connectivity index (χ0) is 23.6. The average molecular weight is 457 g/mol. The molecule has 0 saturated carbocycles. The zero-order valence-electron chi connectivity index (χ0n) is 19.4. The number of nitrogens with one attached hydrogen (secondary N) is 2. The van der Waals surface area contributed by atoms with Gasteiger partial charge in [-0.2, -0.15) is 0 Å². The number of nitrogens with two attached hydrogens (primary N) is 1. The van der Waals surface area contributed by atoms with Crippen molar-refractivity contribution >= 4 is 29.3 Å². The minimum atomic E-state index is -0.660. The number of hydrogen-bond donors (Lipinski definition) is 3. The van der Waals surface area contributed by atoms with Crippen LogP contribution in [0, 0.1) is 0 Å². The lowest BCUT2D eigenvalue weighted by Gasteiger charge is -2.29. The zero-order valence-corrected chi connectivity index (χ0v) is 19.4. The van der Waals surface area contributed by atoms with E-state index in [1.54, 1.807) is 18.2 Å². The van der Waals surface area contributed by atoms with Gasteiger partial charge in [0, 0.05) is 36.2 Å². The van der Waals surface area contributed by atoms with Crippen LogP contribution < -0.4 is 16.4 Å². The summed E-state index contributed by atoms with van der Waals surface area (Å²) in [6.45, 7) is 1.03. The monoisotopic (exact) mass is 456 g/mol. The molecule has 3 rings (SSSR count). The van der Waals surface area contributed by atoms with Crippen molar-refractivity contribution in [1.29, 1.82) is 0 Å². The van der Waals surface area contributed by atoms with E-state index in [-0.39, 0.29) is 30.7 Å². The summed E-state index contributed by atoms with van der Waals surface area (Å²) in [7, 11) is 0. The highest BCUT2D eigenvalue weighted by Crippen LogP contribution is 2.32. The van der Waals surface area contributed by atoms with E-state index >= 15 is 0 Å². The van der Waals surface area contributed by atoms with Crippen LogP contribution in [-0.4, -0.2) is 41.1 Å². The number of imide groups is 1. The lowest BCUT2D eigenvalue weighted by Crippen LogP contribution is -2.52. The topological polar surface area (TPSA) is 122 Å². The summed E-state index contributed by atoms with van der Waals surface area (Å²) < 4.78 is 0. The smallest absolute Gasteiger partial charge is 0.255 e. The molecule has 0 aromatic heterocycles. The first-order valence-corrected chi connectivity index (χ1v) is 12.3. The van der Waals surface area contributed by atoms with Crippen LogP contribution in [0.25, 0.3) is 0 Å². The highest BCUT2D eigenvalue weighted by molar-refractivity contribution is 6.06. The molecule has 4 amide bonds. The Morgan fingerprint density at radius 1 is 1.00 bits per heavy atom. The summed E-state index contributed by atoms with van der Waals surface area (Å²) >= 11 is 0. The quantitative estimate of drug-likeness (QED) is 0.311. The predicted octanol–water partition coefficient (Wildman–Crippen LogP) is 3.25. The molecule has 0 radical (unpaired) electrons. The number of anilines is 1. The van der Waals surface area contributed by atoms with Gasteiger partial charge < -0.3 is 16.0 Å². The molecule has 1 fully saturated rings. The Labute approximate surface area is 195 Å². The number of rotatable bonds is 13. The van der Waals surface area contributed by atoms with Crippen molar-refractivity contribution in [2.75, 3.05) is 11.9 Å². The Balaban J connectivity index is 1.42. The molecule has 2 aliphatic rings. The number of benzene rings is 1. The molecule has 8 heteroatoms. The van der Waals surface area contributed by atoms with Crippen LogP contribution in [0.3, 0.4) is 0 Å². The van der Waals surface area contributed by atoms with Gasteiger partial charge >= 0.3 is 0 Å². The molecule has 4 N–H and O–H groups in total. The molecule has 1 unspecified atom stereocenters. The summed E-state index contributed by atoms with van der Waals surface area (Å²) in [5.74, 6) is -1.04. The Hall–Kier alpha value is -2.74. The van der Waals surface area contributed by atoms with Crippen LogP contribution in [0.4, 0.5) is 5.69 Å². The molecule has 1 saturated heterocycles. The molecule has 0 aliphatic carbocycles. The van der Waals surface area contributed by atoms with Gasteiger partial charge in [-0.15, -0.1) is 0 Å². The first-order valence-electron chi connectivity index (χ1n) is 12.3. The summed E-state index contributed by atoms with van der Waals surface area (Å²) in [5, 5.41) is 5.26. The number of carbonyl (C=O) groups excluding carboxylic acids is 4. The molecule has 1 aromatic carbocycles. The van der Waals surface area contributed by atoms with Crippen molar-refractivity contribution in [1.82, 2.24) is 10.2 Å². The highest BCUT2D eigenvalue weighted by atomic mass is 16.2. The summed E-state index contributed by atoms with van der Waals surface area (Å²) in [6.07, 6.45) is 11.3. The van der Waals surface area contributed by atoms with Gasteiger partial charge in [-0.3, -0.25) is 24.5 Å². The van der Waals surface area contributed by atoms with E-state index in [9.17, 15) is 19.2 Å². The van der Waals surface area contributed by atoms with E-state index in [1.807, 2.05) is 0 Å². The molecular weight excluding hydrogens is 420 g/mol. The maximum absolute atomic E-state index is 12.9. The van der Waals surface area contributed by atoms with Gasteiger partial charge in [0.2, 0.25) is 17.7 Å². The fourth-order valence-electron chi connectivity index (χ4n) is 4.58. The van der Waals surface area contributed by atoms with E-state index in [2.05, 4.69) is 10.6 Å². The van der Waals surface area contributed by atoms with Crippen molar-refractivity contribution < 1.29 is 19.2 Å². The molecule has 33 heavy (non-hydrogen) atoms. The predicted molar refractivity (Wildman–Crippen MR) is 126 cm³/mol. The maximum atomic E-state index is 12.9. The van der Waals surface area contributed by atoms with E-state index in [0.717, 1.165) is 37.8 Å². The number of nitrogens with zero attached hydrogens (tertiary/aromatic N) is 1. The molecule has 180 valence electrons. The lowest BCUT2D eigenvalue weighted by molar-refractivity contribution is -0.137. The Morgan fingerprint density at radius 2 is 1.67 bits per heavy atom. The second-order valence-electron chi connectivity index (χ2n) is 9.00. The number of carbonyl (C=O) groups is 4. The first kappa shape index (κ1) is 24.9. The molecule has 1 aromatic rings. The average Bonchev–Trinajstić information content (AvgIpc) is 3.12. The highest BCUT2D eigenvalue weighted by Gasteiger charge is 2.39. The second kappa shape index (κ2) is 12.5. The van der Waals surface area contributed by atoms with Crippen molar-refractivity contribution in [3.05, 3.63) is 29.3 Å². The van der Waals surface area contributed by atoms with Crippen LogP contribution in [0.2, 0.25) is 0 Å². The lowest BCUT2D eigenvalue weighted by atomic mass is 10.0. The van der Waals surface area contributed by atoms with Gasteiger partial charge in [0.05, 0.1) is 0 Å². The van der Waals surface area contributed by atoms with Crippen LogP contribution in [-0.2, 0) is 20.9 Å². The molecule has 1 atom stereocenters. The molecule has 0 spiro atoms. The molecule has 0 bridgehead atoms. The molecule has 2 heterocycles. The summed E-state index contributed by atoms with van der Waals surface area (Å²) in [6, 6.07) is 4.60. The fraction of sp³-hybridized carbons (Fsp3) is 0.600. The second-order valence-corrected chi connectivity index (χ2v) is 9.00. The van der Waals surface area contributed by atoms with Crippen LogP contribution >= 0.6 is 0 Å². The van der Waals surface area contributed by atoms with Gasteiger partial charge in [-0.25, -0.2) is 0 Å². The van der Waals surface area contributed by atoms with Gasteiger partial charge in [0.15, 0.2) is 0 Å². The third kappa shape index (κ3) is 6.87. The largest absolute Gasteiger partial charge is 0.330 e. The molecule has 2 aliphatic heterocycles. The van der Waals surface area contributed by atoms with Crippen LogP contribution in [0.1, 0.15) is 93.0 Å². The fourth-order valence-corrected chi connectivity index (χ4v) is 4.58. The van der Waals surface area contributed by atoms with Crippen molar-refractivity contribution in [3.63, 3.8) is 0 Å². The minimum Gasteiger partial charge on any atom is -0.330 e. The van der Waals surface area contributed by atoms with Gasteiger partial charge in [-0.05, 0) is 37.9 Å².